The lowest BCUT2D eigenvalue weighted by molar-refractivity contribution is 0.0697. The van der Waals surface area contributed by atoms with Gasteiger partial charge in [-0.15, -0.1) is 0 Å². The highest BCUT2D eigenvalue weighted by Gasteiger charge is 2.21. The van der Waals surface area contributed by atoms with E-state index in [2.05, 4.69) is 20.3 Å². The van der Waals surface area contributed by atoms with Crippen LogP contribution < -0.4 is 5.32 Å². The van der Waals surface area contributed by atoms with E-state index < -0.39 is 5.97 Å². The van der Waals surface area contributed by atoms with Crippen molar-refractivity contribution >= 4 is 34.5 Å². The molecule has 1 atom stereocenters. The third-order valence-electron chi connectivity index (χ3n) is 6.19. The number of rotatable bonds is 7. The highest BCUT2D eigenvalue weighted by molar-refractivity contribution is 6.31. The van der Waals surface area contributed by atoms with Crippen LogP contribution >= 0.6 is 11.6 Å². The standard InChI is InChI=1S/C29H23ClN4O3/c1-2-23(24-7-5-6-14-31-24)34-28(35)17-10-12-19(22(15-17)29(36)37)21-16-18(30)11-13-20(21)27-32-25-8-3-4-9-26(25)33-27/h3-16,23H,2H2,1H3,(H,32,33)(H,34,35)(H,36,37). The number of para-hydroxylation sites is 2. The molecule has 0 fully saturated rings. The summed E-state index contributed by atoms with van der Waals surface area (Å²) in [6.07, 6.45) is 2.31. The van der Waals surface area contributed by atoms with Crippen molar-refractivity contribution in [3.8, 4) is 22.5 Å². The van der Waals surface area contributed by atoms with Gasteiger partial charge in [0.25, 0.3) is 5.91 Å². The number of halogens is 1. The molecule has 184 valence electrons. The number of aromatic nitrogens is 3. The van der Waals surface area contributed by atoms with Crippen molar-refractivity contribution in [1.82, 2.24) is 20.3 Å². The third kappa shape index (κ3) is 4.94. The molecular weight excluding hydrogens is 488 g/mol. The molecule has 0 saturated heterocycles. The minimum Gasteiger partial charge on any atom is -0.478 e. The molecule has 0 aliphatic carbocycles. The fourth-order valence-corrected chi connectivity index (χ4v) is 4.50. The molecule has 1 amide bonds. The first-order chi connectivity index (χ1) is 17.9. The van der Waals surface area contributed by atoms with Crippen LogP contribution in [0.3, 0.4) is 0 Å². The lowest BCUT2D eigenvalue weighted by Crippen LogP contribution is -2.29. The number of carboxylic acids is 1. The van der Waals surface area contributed by atoms with E-state index in [1.807, 2.05) is 49.4 Å². The molecule has 0 bridgehead atoms. The first kappa shape index (κ1) is 24.2. The van der Waals surface area contributed by atoms with Crippen molar-refractivity contribution in [3.05, 3.63) is 107 Å². The lowest BCUT2D eigenvalue weighted by Gasteiger charge is -2.17. The van der Waals surface area contributed by atoms with Crippen molar-refractivity contribution in [2.24, 2.45) is 0 Å². The maximum absolute atomic E-state index is 13.1. The molecule has 3 N–H and O–H groups in total. The quantitative estimate of drug-likeness (QED) is 0.231. The number of H-pyrrole nitrogens is 1. The molecule has 0 spiro atoms. The summed E-state index contributed by atoms with van der Waals surface area (Å²) in [6.45, 7) is 1.95. The predicted molar refractivity (Wildman–Crippen MR) is 144 cm³/mol. The van der Waals surface area contributed by atoms with Gasteiger partial charge in [0.1, 0.15) is 5.82 Å². The Kier molecular flexibility index (Phi) is 6.70. The summed E-state index contributed by atoms with van der Waals surface area (Å²) >= 11 is 6.33. The van der Waals surface area contributed by atoms with E-state index in [1.54, 1.807) is 36.5 Å². The van der Waals surface area contributed by atoms with E-state index in [-0.39, 0.29) is 23.1 Å². The molecule has 3 aromatic carbocycles. The number of imidazole rings is 1. The zero-order valence-electron chi connectivity index (χ0n) is 19.9. The second-order valence-electron chi connectivity index (χ2n) is 8.55. The molecular formula is C29H23ClN4O3. The number of pyridine rings is 1. The number of aromatic amines is 1. The first-order valence-corrected chi connectivity index (χ1v) is 12.2. The highest BCUT2D eigenvalue weighted by Crippen LogP contribution is 2.36. The Morgan fingerprint density at radius 1 is 0.973 bits per heavy atom. The van der Waals surface area contributed by atoms with Crippen LogP contribution in [0.1, 0.15) is 45.8 Å². The van der Waals surface area contributed by atoms with Crippen molar-refractivity contribution < 1.29 is 14.7 Å². The Balaban J connectivity index is 1.55. The average molecular weight is 511 g/mol. The van der Waals surface area contributed by atoms with E-state index in [0.29, 0.717) is 34.0 Å². The molecule has 1 unspecified atom stereocenters. The van der Waals surface area contributed by atoms with Crippen LogP contribution in [-0.2, 0) is 0 Å². The minimum absolute atomic E-state index is 0.0156. The fraction of sp³-hybridized carbons (Fsp3) is 0.103. The van der Waals surface area contributed by atoms with Gasteiger partial charge in [0.15, 0.2) is 0 Å². The molecule has 7 nitrogen and oxygen atoms in total. The van der Waals surface area contributed by atoms with Crippen LogP contribution in [0.5, 0.6) is 0 Å². The van der Waals surface area contributed by atoms with Crippen molar-refractivity contribution in [2.75, 3.05) is 0 Å². The number of carboxylic acid groups (broad SMARTS) is 1. The number of carbonyl (C=O) groups is 2. The van der Waals surface area contributed by atoms with Crippen LogP contribution in [0.4, 0.5) is 0 Å². The van der Waals surface area contributed by atoms with Gasteiger partial charge in [-0.3, -0.25) is 9.78 Å². The molecule has 2 heterocycles. The van der Waals surface area contributed by atoms with Gasteiger partial charge in [0, 0.05) is 22.3 Å². The molecule has 5 rings (SSSR count). The smallest absolute Gasteiger partial charge is 0.336 e. The predicted octanol–water partition coefficient (Wildman–Crippen LogP) is 6.52. The van der Waals surface area contributed by atoms with Gasteiger partial charge in [-0.05, 0) is 72.1 Å². The Labute approximate surface area is 218 Å². The summed E-state index contributed by atoms with van der Waals surface area (Å²) in [5, 5.41) is 13.5. The summed E-state index contributed by atoms with van der Waals surface area (Å²) in [6, 6.07) is 22.7. The van der Waals surface area contributed by atoms with Gasteiger partial charge in [-0.25, -0.2) is 9.78 Å². The Morgan fingerprint density at radius 3 is 2.49 bits per heavy atom. The number of nitrogens with zero attached hydrogens (tertiary/aromatic N) is 2. The summed E-state index contributed by atoms with van der Waals surface area (Å²) in [7, 11) is 0. The number of carbonyl (C=O) groups excluding carboxylic acids is 1. The maximum Gasteiger partial charge on any atom is 0.336 e. The Hall–Kier alpha value is -4.49. The topological polar surface area (TPSA) is 108 Å². The number of benzene rings is 3. The number of amides is 1. The summed E-state index contributed by atoms with van der Waals surface area (Å²) in [5.41, 5.74) is 4.34. The number of nitrogens with one attached hydrogen (secondary N) is 2. The molecule has 8 heteroatoms. The van der Waals surface area contributed by atoms with Crippen LogP contribution in [0.25, 0.3) is 33.5 Å². The Morgan fingerprint density at radius 2 is 1.76 bits per heavy atom. The van der Waals surface area contributed by atoms with Gasteiger partial charge < -0.3 is 15.4 Å². The zero-order valence-corrected chi connectivity index (χ0v) is 20.7. The first-order valence-electron chi connectivity index (χ1n) is 11.8. The second kappa shape index (κ2) is 10.2. The fourth-order valence-electron chi connectivity index (χ4n) is 4.33. The summed E-state index contributed by atoms with van der Waals surface area (Å²) in [4.78, 5) is 37.7. The number of fused-ring (bicyclic) bond motifs is 1. The minimum atomic E-state index is -1.16. The molecule has 2 aromatic heterocycles. The van der Waals surface area contributed by atoms with Gasteiger partial charge in [-0.1, -0.05) is 42.8 Å². The second-order valence-corrected chi connectivity index (χ2v) is 8.98. The van der Waals surface area contributed by atoms with Crippen molar-refractivity contribution in [2.45, 2.75) is 19.4 Å². The SMILES string of the molecule is CCC(NC(=O)c1ccc(-c2cc(Cl)ccc2-c2nc3ccccc3[nH]2)c(C(=O)O)c1)c1ccccn1. The van der Waals surface area contributed by atoms with Gasteiger partial charge in [0.2, 0.25) is 0 Å². The molecule has 0 aliphatic heterocycles. The van der Waals surface area contributed by atoms with Crippen LogP contribution in [-0.4, -0.2) is 31.9 Å². The number of hydrogen-bond acceptors (Lipinski definition) is 4. The summed E-state index contributed by atoms with van der Waals surface area (Å²) in [5.74, 6) is -0.945. The van der Waals surface area contributed by atoms with Crippen molar-refractivity contribution in [3.63, 3.8) is 0 Å². The highest BCUT2D eigenvalue weighted by atomic mass is 35.5. The molecule has 5 aromatic rings. The van der Waals surface area contributed by atoms with E-state index in [0.717, 1.165) is 16.7 Å². The average Bonchev–Trinajstić information content (AvgIpc) is 3.35. The van der Waals surface area contributed by atoms with Gasteiger partial charge in [-0.2, -0.15) is 0 Å². The Bertz CT molecular complexity index is 1580. The van der Waals surface area contributed by atoms with Gasteiger partial charge >= 0.3 is 5.97 Å². The van der Waals surface area contributed by atoms with E-state index >= 15 is 0 Å². The molecule has 0 aliphatic rings. The maximum atomic E-state index is 13.1. The van der Waals surface area contributed by atoms with Crippen molar-refractivity contribution in [1.29, 1.82) is 0 Å². The monoisotopic (exact) mass is 510 g/mol. The lowest BCUT2D eigenvalue weighted by atomic mass is 9.93. The number of aromatic carboxylic acids is 1. The normalized spacial score (nSPS) is 11.8. The van der Waals surface area contributed by atoms with Crippen LogP contribution in [0.2, 0.25) is 5.02 Å². The van der Waals surface area contributed by atoms with Crippen LogP contribution in [0, 0.1) is 0 Å². The molecule has 0 saturated carbocycles. The molecule has 0 radical (unpaired) electrons. The third-order valence-corrected chi connectivity index (χ3v) is 6.42. The zero-order chi connectivity index (χ0) is 25.9. The largest absolute Gasteiger partial charge is 0.478 e. The number of hydrogen-bond donors (Lipinski definition) is 3. The van der Waals surface area contributed by atoms with Gasteiger partial charge in [0.05, 0.1) is 28.3 Å². The van der Waals surface area contributed by atoms with E-state index in [9.17, 15) is 14.7 Å². The molecule has 37 heavy (non-hydrogen) atoms. The summed E-state index contributed by atoms with van der Waals surface area (Å²) < 4.78 is 0. The van der Waals surface area contributed by atoms with E-state index in [4.69, 9.17) is 11.6 Å². The van der Waals surface area contributed by atoms with E-state index in [1.165, 1.54) is 6.07 Å². The van der Waals surface area contributed by atoms with Crippen LogP contribution in [0.15, 0.2) is 85.1 Å².